The number of hydrogen-bond donors (Lipinski definition) is 0. The highest BCUT2D eigenvalue weighted by molar-refractivity contribution is 6.09. The normalized spacial score (nSPS) is 10.5. The summed E-state index contributed by atoms with van der Waals surface area (Å²) >= 11 is 0. The van der Waals surface area contributed by atoms with Crippen molar-refractivity contribution in [3.63, 3.8) is 0 Å². The highest BCUT2D eigenvalue weighted by Gasteiger charge is 2.17. The van der Waals surface area contributed by atoms with Gasteiger partial charge in [-0.3, -0.25) is 9.69 Å². The summed E-state index contributed by atoms with van der Waals surface area (Å²) in [6.45, 7) is 15.1. The molecule has 7 aromatic rings. The number of rotatable bonds is 5. The lowest BCUT2D eigenvalue weighted by molar-refractivity contribution is 0.670. The average Bonchev–Trinajstić information content (AvgIpc) is 3.51. The molecule has 0 aliphatic rings. The van der Waals surface area contributed by atoms with Crippen LogP contribution in [0.15, 0.2) is 132 Å². The molecule has 0 bridgehead atoms. The van der Waals surface area contributed by atoms with E-state index in [1.807, 2.05) is 77.7 Å². The first-order valence-corrected chi connectivity index (χ1v) is 14.4. The Hall–Kier alpha value is -7.12. The van der Waals surface area contributed by atoms with Crippen LogP contribution in [0, 0.1) is 35.8 Å². The Morgan fingerprint density at radius 2 is 1.17 bits per heavy atom. The molecule has 0 fully saturated rings. The van der Waals surface area contributed by atoms with Crippen LogP contribution < -0.4 is 4.90 Å². The maximum Gasteiger partial charge on any atom is 0.196 e. The zero-order valence-electron chi connectivity index (χ0n) is 24.3. The van der Waals surface area contributed by atoms with Gasteiger partial charge in [0.05, 0.1) is 24.3 Å². The van der Waals surface area contributed by atoms with Gasteiger partial charge in [-0.05, 0) is 65.2 Å². The van der Waals surface area contributed by atoms with Crippen LogP contribution in [0.25, 0.3) is 53.9 Å². The van der Waals surface area contributed by atoms with Gasteiger partial charge < -0.3 is 9.32 Å². The van der Waals surface area contributed by atoms with E-state index in [1.165, 1.54) is 0 Å². The molecule has 0 radical (unpaired) electrons. The zero-order chi connectivity index (χ0) is 31.6. The summed E-state index contributed by atoms with van der Waals surface area (Å²) < 4.78 is 6.28. The van der Waals surface area contributed by atoms with Crippen molar-refractivity contribution in [2.75, 3.05) is 4.90 Å². The van der Waals surface area contributed by atoms with Crippen molar-refractivity contribution in [3.05, 3.63) is 161 Å². The van der Waals surface area contributed by atoms with E-state index in [1.54, 1.807) is 24.3 Å². The maximum atomic E-state index is 9.50. The van der Waals surface area contributed by atoms with Gasteiger partial charge in [0.1, 0.15) is 23.3 Å². The van der Waals surface area contributed by atoms with E-state index < -0.39 is 0 Å². The maximum absolute atomic E-state index is 9.50. The van der Waals surface area contributed by atoms with E-state index in [0.717, 1.165) is 61.3 Å². The Labute approximate surface area is 265 Å². The molecule has 6 heteroatoms. The first kappa shape index (κ1) is 27.7. The molecule has 0 saturated heterocycles. The molecule has 0 aliphatic heterocycles. The smallest absolute Gasteiger partial charge is 0.196 e. The van der Waals surface area contributed by atoms with Crippen LogP contribution in [0.3, 0.4) is 0 Å². The van der Waals surface area contributed by atoms with Crippen LogP contribution >= 0.6 is 0 Å². The number of nitriles is 2. The van der Waals surface area contributed by atoms with Crippen LogP contribution in [0.4, 0.5) is 28.4 Å². The first-order valence-electron chi connectivity index (χ1n) is 14.4. The van der Waals surface area contributed by atoms with Crippen molar-refractivity contribution in [3.8, 4) is 34.4 Å². The third kappa shape index (κ3) is 4.76. The van der Waals surface area contributed by atoms with Gasteiger partial charge in [-0.15, -0.1) is 0 Å². The zero-order valence-corrected chi connectivity index (χ0v) is 24.3. The van der Waals surface area contributed by atoms with E-state index in [0.29, 0.717) is 16.8 Å². The minimum Gasteiger partial charge on any atom is -0.455 e. The van der Waals surface area contributed by atoms with Gasteiger partial charge in [0.25, 0.3) is 0 Å². The second-order valence-corrected chi connectivity index (χ2v) is 10.6. The molecule has 212 valence electrons. The van der Waals surface area contributed by atoms with Gasteiger partial charge in [-0.25, -0.2) is 0 Å². The van der Waals surface area contributed by atoms with Crippen LogP contribution in [0.2, 0.25) is 0 Å². The molecule has 0 saturated carbocycles. The summed E-state index contributed by atoms with van der Waals surface area (Å²) in [5.74, 6) is 0. The predicted molar refractivity (Wildman–Crippen MR) is 181 cm³/mol. The lowest BCUT2D eigenvalue weighted by Gasteiger charge is -2.26. The van der Waals surface area contributed by atoms with Crippen LogP contribution in [0.5, 0.6) is 0 Å². The molecule has 6 nitrogen and oxygen atoms in total. The van der Waals surface area contributed by atoms with Gasteiger partial charge >= 0.3 is 0 Å². The molecule has 7 rings (SSSR count). The fraction of sp³-hybridized carbons (Fsp3) is 0. The van der Waals surface area contributed by atoms with Crippen molar-refractivity contribution in [2.45, 2.75) is 0 Å². The van der Waals surface area contributed by atoms with Gasteiger partial charge in [0.2, 0.25) is 0 Å². The Bertz CT molecular complexity index is 2460. The molecule has 0 N–H and O–H groups in total. The molecule has 46 heavy (non-hydrogen) atoms. The SMILES string of the molecule is [C-]#[N+]c1ccc(N(c2ccc(-c3ccc(C#N)c(C#N)c3)cc2)c2ccc(-c3cccc4c3oc3ccccc34)cc2)cc1[N+]#[C-]. The highest BCUT2D eigenvalue weighted by atomic mass is 16.3. The first-order chi connectivity index (χ1) is 22.6. The number of para-hydroxylation sites is 2. The molecule has 6 aromatic carbocycles. The standard InChI is InChI=1S/C40H21N5O/c1-43-37-21-20-33(23-38(37)44-2)45(31-16-12-26(13-17-31)28-10-11-29(24-41)30(22-28)25-42)32-18-14-27(15-19-32)34-7-5-8-36-35-6-3-4-9-39(35)46-40(34)36/h3-23H. The molecule has 0 amide bonds. The Morgan fingerprint density at radius 3 is 1.87 bits per heavy atom. The minimum atomic E-state index is 0.281. The Kier molecular flexibility index (Phi) is 6.94. The van der Waals surface area contributed by atoms with Gasteiger partial charge in [-0.1, -0.05) is 78.9 Å². The quantitative estimate of drug-likeness (QED) is 0.188. The van der Waals surface area contributed by atoms with Crippen LogP contribution in [0.1, 0.15) is 11.1 Å². The van der Waals surface area contributed by atoms with E-state index in [4.69, 9.17) is 17.6 Å². The van der Waals surface area contributed by atoms with Crippen LogP contribution in [-0.2, 0) is 0 Å². The molecule has 0 aliphatic carbocycles. The summed E-state index contributed by atoms with van der Waals surface area (Å²) in [6.07, 6.45) is 0. The Balaban J connectivity index is 1.31. The van der Waals surface area contributed by atoms with Crippen molar-refractivity contribution >= 4 is 50.4 Å². The van der Waals surface area contributed by atoms with Crippen LogP contribution in [-0.4, -0.2) is 0 Å². The number of anilines is 3. The molecule has 0 unspecified atom stereocenters. The number of fused-ring (bicyclic) bond motifs is 3. The molecule has 0 spiro atoms. The summed E-state index contributed by atoms with van der Waals surface area (Å²) in [6, 6.07) is 44.9. The second kappa shape index (κ2) is 11.5. The lowest BCUT2D eigenvalue weighted by Crippen LogP contribution is -2.09. The largest absolute Gasteiger partial charge is 0.455 e. The topological polar surface area (TPSA) is 72.7 Å². The summed E-state index contributed by atoms with van der Waals surface area (Å²) in [4.78, 5) is 9.16. The van der Waals surface area contributed by atoms with E-state index in [2.05, 4.69) is 52.2 Å². The number of benzene rings is 6. The molecular formula is C40H21N5O. The summed E-state index contributed by atoms with van der Waals surface area (Å²) in [7, 11) is 0. The number of hydrogen-bond acceptors (Lipinski definition) is 4. The number of furan rings is 1. The number of nitrogens with zero attached hydrogens (tertiary/aromatic N) is 5. The van der Waals surface area contributed by atoms with Crippen molar-refractivity contribution in [1.29, 1.82) is 10.5 Å². The predicted octanol–water partition coefficient (Wildman–Crippen LogP) is 11.2. The second-order valence-electron chi connectivity index (χ2n) is 10.6. The third-order valence-corrected chi connectivity index (χ3v) is 8.02. The fourth-order valence-electron chi connectivity index (χ4n) is 5.76. The minimum absolute atomic E-state index is 0.281. The highest BCUT2D eigenvalue weighted by Crippen LogP contribution is 2.42. The van der Waals surface area contributed by atoms with Crippen molar-refractivity contribution in [2.24, 2.45) is 0 Å². The average molecular weight is 588 g/mol. The van der Waals surface area contributed by atoms with Gasteiger partial charge in [0, 0.05) is 33.4 Å². The van der Waals surface area contributed by atoms with Gasteiger partial charge in [0.15, 0.2) is 11.4 Å². The van der Waals surface area contributed by atoms with Crippen molar-refractivity contribution in [1.82, 2.24) is 0 Å². The monoisotopic (exact) mass is 587 g/mol. The summed E-state index contributed by atoms with van der Waals surface area (Å²) in [5.41, 5.74) is 9.10. The molecule has 1 aromatic heterocycles. The molecular weight excluding hydrogens is 566 g/mol. The molecule has 1 heterocycles. The lowest BCUT2D eigenvalue weighted by atomic mass is 9.99. The Morgan fingerprint density at radius 1 is 0.543 bits per heavy atom. The fourth-order valence-corrected chi connectivity index (χ4v) is 5.76. The van der Waals surface area contributed by atoms with E-state index in [-0.39, 0.29) is 5.69 Å². The summed E-state index contributed by atoms with van der Waals surface area (Å²) in [5, 5.41) is 20.9. The van der Waals surface area contributed by atoms with E-state index in [9.17, 15) is 10.5 Å². The molecule has 0 atom stereocenters. The van der Waals surface area contributed by atoms with Gasteiger partial charge in [-0.2, -0.15) is 10.5 Å². The van der Waals surface area contributed by atoms with Crippen molar-refractivity contribution < 1.29 is 4.42 Å². The third-order valence-electron chi connectivity index (χ3n) is 8.02. The van der Waals surface area contributed by atoms with E-state index >= 15 is 0 Å².